The molecule has 0 spiro atoms. The third-order valence-electron chi connectivity index (χ3n) is 5.65. The summed E-state index contributed by atoms with van der Waals surface area (Å²) in [5.74, 6) is -4.23. The van der Waals surface area contributed by atoms with Gasteiger partial charge in [-0.2, -0.15) is 8.42 Å². The van der Waals surface area contributed by atoms with Gasteiger partial charge in [0.25, 0.3) is 21.9 Å². The Bertz CT molecular complexity index is 1610. The standard InChI is InChI=1S/C27H26N4O6.CH4O3S/c1-14(2)22(27(36)37)31-24(32)16-9-12-19(21(13-16)26(34)35)18-5-3-4-6-20(18)25(33)30-17-10-7-15(8-11-17)23(28)29;1-5(2,3)4/h3-14,22H,1-2H3,(H3,28,29)(H,30,33)(H,31,32)(H,34,35)(H,36,37);1H3,(H,2,3,4). The van der Waals surface area contributed by atoms with Crippen LogP contribution in [0.4, 0.5) is 5.69 Å². The number of nitrogen functional groups attached to an aromatic ring is 1. The quantitative estimate of drug-likeness (QED) is 0.108. The lowest BCUT2D eigenvalue weighted by molar-refractivity contribution is -0.140. The molecule has 0 heterocycles. The fraction of sp³-hybridized carbons (Fsp3) is 0.179. The first-order valence-corrected chi connectivity index (χ1v) is 14.0. The molecule has 222 valence electrons. The highest BCUT2D eigenvalue weighted by molar-refractivity contribution is 7.85. The minimum absolute atomic E-state index is 0.0273. The maximum absolute atomic E-state index is 13.1. The van der Waals surface area contributed by atoms with Gasteiger partial charge in [-0.05, 0) is 59.5 Å². The maximum Gasteiger partial charge on any atom is 0.336 e. The van der Waals surface area contributed by atoms with Crippen LogP contribution in [0.25, 0.3) is 11.1 Å². The molecule has 8 N–H and O–H groups in total. The zero-order valence-corrected chi connectivity index (χ0v) is 23.6. The highest BCUT2D eigenvalue weighted by Gasteiger charge is 2.25. The highest BCUT2D eigenvalue weighted by atomic mass is 32.2. The van der Waals surface area contributed by atoms with E-state index in [1.54, 1.807) is 62.4 Å². The second kappa shape index (κ2) is 14.0. The molecule has 42 heavy (non-hydrogen) atoms. The molecule has 0 saturated heterocycles. The number of amides is 2. The van der Waals surface area contributed by atoms with Crippen LogP contribution in [-0.2, 0) is 14.9 Å². The number of benzene rings is 3. The molecule has 14 heteroatoms. The van der Waals surface area contributed by atoms with E-state index in [0.29, 0.717) is 23.1 Å². The van der Waals surface area contributed by atoms with Crippen molar-refractivity contribution in [3.8, 4) is 11.1 Å². The molecule has 0 saturated carbocycles. The number of anilines is 1. The first-order valence-electron chi connectivity index (χ1n) is 12.2. The van der Waals surface area contributed by atoms with Crippen LogP contribution in [-0.4, -0.2) is 65.1 Å². The first-order chi connectivity index (χ1) is 19.5. The van der Waals surface area contributed by atoms with E-state index < -0.39 is 39.9 Å². The summed E-state index contributed by atoms with van der Waals surface area (Å²) >= 11 is 0. The lowest BCUT2D eigenvalue weighted by Crippen LogP contribution is -2.44. The van der Waals surface area contributed by atoms with Gasteiger partial charge in [0.15, 0.2) is 0 Å². The van der Waals surface area contributed by atoms with Crippen molar-refractivity contribution < 1.29 is 42.4 Å². The molecule has 1 atom stereocenters. The number of nitrogens with one attached hydrogen (secondary N) is 3. The summed E-state index contributed by atoms with van der Waals surface area (Å²) < 4.78 is 25.9. The summed E-state index contributed by atoms with van der Waals surface area (Å²) in [4.78, 5) is 49.3. The lowest BCUT2D eigenvalue weighted by atomic mass is 9.93. The molecule has 0 aliphatic heterocycles. The number of aliphatic carboxylic acids is 1. The molecule has 1 unspecified atom stereocenters. The van der Waals surface area contributed by atoms with Crippen LogP contribution in [0.1, 0.15) is 50.5 Å². The lowest BCUT2D eigenvalue weighted by Gasteiger charge is -2.18. The molecule has 13 nitrogen and oxygen atoms in total. The third-order valence-corrected chi connectivity index (χ3v) is 5.65. The average molecular weight is 599 g/mol. The Hall–Kier alpha value is -5.08. The summed E-state index contributed by atoms with van der Waals surface area (Å²) in [5.41, 5.74) is 6.89. The van der Waals surface area contributed by atoms with Crippen LogP contribution >= 0.6 is 0 Å². The predicted octanol–water partition coefficient (Wildman–Crippen LogP) is 2.93. The summed E-state index contributed by atoms with van der Waals surface area (Å²) in [7, 11) is -3.67. The van der Waals surface area contributed by atoms with Gasteiger partial charge in [0.05, 0.1) is 11.8 Å². The maximum atomic E-state index is 13.1. The van der Waals surface area contributed by atoms with Crippen molar-refractivity contribution in [3.05, 3.63) is 89.0 Å². The van der Waals surface area contributed by atoms with E-state index in [4.69, 9.17) is 15.7 Å². The molecule has 0 aromatic heterocycles. The smallest absolute Gasteiger partial charge is 0.336 e. The van der Waals surface area contributed by atoms with Crippen LogP contribution in [0.3, 0.4) is 0 Å². The monoisotopic (exact) mass is 598 g/mol. The zero-order valence-electron chi connectivity index (χ0n) is 22.8. The van der Waals surface area contributed by atoms with Gasteiger partial charge in [-0.25, -0.2) is 9.59 Å². The van der Waals surface area contributed by atoms with E-state index >= 15 is 0 Å². The Balaban J connectivity index is 0.00000113. The van der Waals surface area contributed by atoms with Gasteiger partial charge in [0.1, 0.15) is 11.9 Å². The summed E-state index contributed by atoms with van der Waals surface area (Å²) in [6.45, 7) is 3.29. The van der Waals surface area contributed by atoms with Gasteiger partial charge < -0.3 is 26.6 Å². The van der Waals surface area contributed by atoms with Gasteiger partial charge >= 0.3 is 11.9 Å². The van der Waals surface area contributed by atoms with Crippen molar-refractivity contribution in [3.63, 3.8) is 0 Å². The topological polar surface area (TPSA) is 237 Å². The first kappa shape index (κ1) is 33.1. The van der Waals surface area contributed by atoms with Crippen LogP contribution in [0, 0.1) is 11.3 Å². The van der Waals surface area contributed by atoms with Gasteiger partial charge in [0, 0.05) is 22.4 Å². The van der Waals surface area contributed by atoms with E-state index in [-0.39, 0.29) is 34.0 Å². The fourth-order valence-electron chi connectivity index (χ4n) is 3.68. The summed E-state index contributed by atoms with van der Waals surface area (Å²) in [5, 5.41) is 31.8. The van der Waals surface area contributed by atoms with Gasteiger partial charge in [-0.1, -0.05) is 38.1 Å². The molecule has 0 aliphatic carbocycles. The number of carboxylic acids is 2. The Labute approximate surface area is 241 Å². The van der Waals surface area contributed by atoms with E-state index in [1.165, 1.54) is 12.1 Å². The van der Waals surface area contributed by atoms with E-state index in [0.717, 1.165) is 6.07 Å². The molecular weight excluding hydrogens is 568 g/mol. The number of rotatable bonds is 9. The molecule has 0 aliphatic rings. The normalized spacial score (nSPS) is 11.5. The van der Waals surface area contributed by atoms with Crippen molar-refractivity contribution >= 4 is 45.4 Å². The molecule has 0 radical (unpaired) electrons. The van der Waals surface area contributed by atoms with Crippen LogP contribution < -0.4 is 16.4 Å². The van der Waals surface area contributed by atoms with Gasteiger partial charge in [0.2, 0.25) is 0 Å². The Morgan fingerprint density at radius 3 is 1.86 bits per heavy atom. The van der Waals surface area contributed by atoms with Crippen molar-refractivity contribution in [2.24, 2.45) is 11.7 Å². The number of aromatic carboxylic acids is 1. The third kappa shape index (κ3) is 9.53. The van der Waals surface area contributed by atoms with Crippen molar-refractivity contribution in [2.75, 3.05) is 11.6 Å². The largest absolute Gasteiger partial charge is 0.480 e. The van der Waals surface area contributed by atoms with Crippen molar-refractivity contribution in [1.29, 1.82) is 5.41 Å². The molecule has 0 bridgehead atoms. The Morgan fingerprint density at radius 2 is 1.36 bits per heavy atom. The molecule has 3 rings (SSSR count). The van der Waals surface area contributed by atoms with E-state index in [9.17, 15) is 37.8 Å². The number of amidine groups is 1. The Morgan fingerprint density at radius 1 is 0.833 bits per heavy atom. The number of nitrogens with two attached hydrogens (primary N) is 1. The van der Waals surface area contributed by atoms with Crippen LogP contribution in [0.2, 0.25) is 0 Å². The minimum atomic E-state index is -3.67. The SMILES string of the molecule is CC(C)C(NC(=O)c1ccc(-c2ccccc2C(=O)Nc2ccc(C(=N)N)cc2)c(C(=O)O)c1)C(=O)O.CS(=O)(=O)O. The minimum Gasteiger partial charge on any atom is -0.480 e. The summed E-state index contributed by atoms with van der Waals surface area (Å²) in [6.07, 6.45) is 0.715. The molecule has 0 fully saturated rings. The molecular formula is C28H30N4O9S. The second-order valence-electron chi connectivity index (χ2n) is 9.32. The molecule has 3 aromatic carbocycles. The highest BCUT2D eigenvalue weighted by Crippen LogP contribution is 2.29. The fourth-order valence-corrected chi connectivity index (χ4v) is 3.68. The van der Waals surface area contributed by atoms with E-state index in [1.807, 2.05) is 0 Å². The zero-order chi connectivity index (χ0) is 31.8. The van der Waals surface area contributed by atoms with Gasteiger partial charge in [-0.15, -0.1) is 0 Å². The number of carbonyl (C=O) groups excluding carboxylic acids is 2. The number of carboxylic acid groups (broad SMARTS) is 2. The molecule has 3 aromatic rings. The van der Waals surface area contributed by atoms with Crippen LogP contribution in [0.15, 0.2) is 66.7 Å². The Kier molecular flexibility index (Phi) is 11.0. The second-order valence-corrected chi connectivity index (χ2v) is 10.8. The van der Waals surface area contributed by atoms with Crippen molar-refractivity contribution in [2.45, 2.75) is 19.9 Å². The predicted molar refractivity (Wildman–Crippen MR) is 155 cm³/mol. The average Bonchev–Trinajstić information content (AvgIpc) is 2.90. The number of carbonyl (C=O) groups is 4. The van der Waals surface area contributed by atoms with Gasteiger partial charge in [-0.3, -0.25) is 19.6 Å². The number of hydrogen-bond donors (Lipinski definition) is 7. The number of hydrogen-bond acceptors (Lipinski definition) is 7. The van der Waals surface area contributed by atoms with E-state index in [2.05, 4.69) is 10.6 Å². The molecule has 2 amide bonds. The van der Waals surface area contributed by atoms with Crippen LogP contribution in [0.5, 0.6) is 0 Å². The van der Waals surface area contributed by atoms with Crippen molar-refractivity contribution in [1.82, 2.24) is 5.32 Å². The summed E-state index contributed by atoms with van der Waals surface area (Å²) in [6, 6.07) is 15.6.